The molecule has 1 aliphatic rings. The maximum absolute atomic E-state index is 12.8. The van der Waals surface area contributed by atoms with Crippen molar-refractivity contribution in [1.82, 2.24) is 5.32 Å². The quantitative estimate of drug-likeness (QED) is 0.687. The van der Waals surface area contributed by atoms with Crippen LogP contribution >= 0.6 is 0 Å². The van der Waals surface area contributed by atoms with Gasteiger partial charge in [0.25, 0.3) is 0 Å². The van der Waals surface area contributed by atoms with Crippen molar-refractivity contribution in [2.45, 2.75) is 26.3 Å². The van der Waals surface area contributed by atoms with E-state index in [9.17, 15) is 13.2 Å². The number of ether oxygens (including phenoxy) is 3. The number of carbonyl (C=O) groups is 1. The number of methoxy groups -OCH3 is 1. The minimum atomic E-state index is -3.69. The summed E-state index contributed by atoms with van der Waals surface area (Å²) in [6.45, 7) is 3.63. The number of nitrogens with zero attached hydrogens (tertiary/aromatic N) is 1. The van der Waals surface area contributed by atoms with E-state index in [0.29, 0.717) is 23.6 Å². The Labute approximate surface area is 176 Å². The lowest BCUT2D eigenvalue weighted by molar-refractivity contribution is -0.120. The first-order valence-electron chi connectivity index (χ1n) is 9.54. The molecule has 0 aromatic heterocycles. The van der Waals surface area contributed by atoms with Crippen molar-refractivity contribution in [1.29, 1.82) is 0 Å². The van der Waals surface area contributed by atoms with Gasteiger partial charge in [-0.1, -0.05) is 19.1 Å². The first kappa shape index (κ1) is 21.8. The Balaban J connectivity index is 1.78. The molecule has 0 bridgehead atoms. The van der Waals surface area contributed by atoms with Crippen LogP contribution in [0.15, 0.2) is 36.4 Å². The van der Waals surface area contributed by atoms with Gasteiger partial charge in [0.2, 0.25) is 22.7 Å². The van der Waals surface area contributed by atoms with E-state index in [4.69, 9.17) is 14.2 Å². The van der Waals surface area contributed by atoms with Gasteiger partial charge in [-0.2, -0.15) is 0 Å². The van der Waals surface area contributed by atoms with E-state index in [1.54, 1.807) is 25.3 Å². The van der Waals surface area contributed by atoms with E-state index in [-0.39, 0.29) is 19.4 Å². The number of fused-ring (bicyclic) bond motifs is 1. The molecule has 0 saturated heterocycles. The molecule has 0 spiro atoms. The molecule has 0 aliphatic carbocycles. The Kier molecular flexibility index (Phi) is 6.40. The van der Waals surface area contributed by atoms with Crippen molar-refractivity contribution in [3.63, 3.8) is 0 Å². The van der Waals surface area contributed by atoms with E-state index in [1.165, 1.54) is 0 Å². The molecular weight excluding hydrogens is 408 g/mol. The summed E-state index contributed by atoms with van der Waals surface area (Å²) < 4.78 is 41.7. The van der Waals surface area contributed by atoms with Crippen molar-refractivity contribution in [2.75, 3.05) is 31.0 Å². The molecule has 1 amide bonds. The van der Waals surface area contributed by atoms with Gasteiger partial charge in [0, 0.05) is 6.07 Å². The molecule has 8 nitrogen and oxygen atoms in total. The summed E-state index contributed by atoms with van der Waals surface area (Å²) in [4.78, 5) is 12.8. The lowest BCUT2D eigenvalue weighted by atomic mass is 10.0. The van der Waals surface area contributed by atoms with Crippen LogP contribution in [0.2, 0.25) is 0 Å². The Bertz CT molecular complexity index is 1040. The highest BCUT2D eigenvalue weighted by atomic mass is 32.2. The van der Waals surface area contributed by atoms with Crippen molar-refractivity contribution >= 4 is 21.6 Å². The average molecular weight is 435 g/mol. The molecule has 3 rings (SSSR count). The van der Waals surface area contributed by atoms with Crippen molar-refractivity contribution < 1.29 is 27.4 Å². The summed E-state index contributed by atoms with van der Waals surface area (Å²) in [5.41, 5.74) is 2.23. The first-order chi connectivity index (χ1) is 14.2. The molecule has 1 heterocycles. The molecule has 0 radical (unpaired) electrons. The zero-order chi connectivity index (χ0) is 21.9. The van der Waals surface area contributed by atoms with Gasteiger partial charge in [-0.15, -0.1) is 0 Å². The summed E-state index contributed by atoms with van der Waals surface area (Å²) in [5.74, 6) is 1.35. The van der Waals surface area contributed by atoms with Gasteiger partial charge in [-0.25, -0.2) is 8.42 Å². The second-order valence-electron chi connectivity index (χ2n) is 7.06. The molecule has 2 aromatic carbocycles. The normalized spacial score (nSPS) is 13.6. The lowest BCUT2D eigenvalue weighted by Crippen LogP contribution is -2.41. The van der Waals surface area contributed by atoms with E-state index in [1.807, 2.05) is 32.0 Å². The number of sulfonamides is 1. The van der Waals surface area contributed by atoms with E-state index >= 15 is 0 Å². The molecule has 1 N–H and O–H groups in total. The molecule has 30 heavy (non-hydrogen) atoms. The molecule has 1 atom stereocenters. The van der Waals surface area contributed by atoms with Crippen molar-refractivity contribution in [3.05, 3.63) is 47.5 Å². The van der Waals surface area contributed by atoms with Gasteiger partial charge in [-0.3, -0.25) is 9.10 Å². The summed E-state index contributed by atoms with van der Waals surface area (Å²) >= 11 is 0. The summed E-state index contributed by atoms with van der Waals surface area (Å²) in [5, 5.41) is 2.93. The molecule has 1 unspecified atom stereocenters. The van der Waals surface area contributed by atoms with Gasteiger partial charge in [-0.05, 0) is 42.7 Å². The van der Waals surface area contributed by atoms with Gasteiger partial charge in [0.1, 0.15) is 12.3 Å². The van der Waals surface area contributed by atoms with Crippen molar-refractivity contribution in [2.24, 2.45) is 0 Å². The zero-order valence-corrected chi connectivity index (χ0v) is 18.3. The molecule has 0 fully saturated rings. The minimum Gasteiger partial charge on any atom is -0.496 e. The smallest absolute Gasteiger partial charge is 0.241 e. The third-order valence-electron chi connectivity index (χ3n) is 4.90. The summed E-state index contributed by atoms with van der Waals surface area (Å²) in [6.07, 6.45) is 1.72. The summed E-state index contributed by atoms with van der Waals surface area (Å²) in [7, 11) is -2.09. The molecule has 2 aromatic rings. The van der Waals surface area contributed by atoms with Gasteiger partial charge in [0.15, 0.2) is 11.5 Å². The Morgan fingerprint density at radius 1 is 1.20 bits per heavy atom. The largest absolute Gasteiger partial charge is 0.496 e. The van der Waals surface area contributed by atoms with Crippen LogP contribution in [0.25, 0.3) is 0 Å². The maximum atomic E-state index is 12.8. The van der Waals surface area contributed by atoms with Crippen LogP contribution in [0, 0.1) is 6.92 Å². The predicted octanol–water partition coefficient (Wildman–Crippen LogP) is 2.77. The number of rotatable bonds is 8. The molecule has 9 heteroatoms. The monoisotopic (exact) mass is 434 g/mol. The summed E-state index contributed by atoms with van der Waals surface area (Å²) in [6, 6.07) is 10.2. The molecule has 0 saturated carbocycles. The molecular formula is C21H26N2O6S. The second-order valence-corrected chi connectivity index (χ2v) is 8.97. The van der Waals surface area contributed by atoms with E-state index in [0.717, 1.165) is 27.4 Å². The number of benzene rings is 2. The lowest BCUT2D eigenvalue weighted by Gasteiger charge is -2.24. The fourth-order valence-corrected chi connectivity index (χ4v) is 4.20. The van der Waals surface area contributed by atoms with Gasteiger partial charge >= 0.3 is 0 Å². The fraction of sp³-hybridized carbons (Fsp3) is 0.381. The second kappa shape index (κ2) is 8.83. The Hall–Kier alpha value is -2.94. The van der Waals surface area contributed by atoms with Crippen LogP contribution in [0.1, 0.15) is 30.5 Å². The zero-order valence-electron chi connectivity index (χ0n) is 17.5. The highest BCUT2D eigenvalue weighted by molar-refractivity contribution is 7.92. The Morgan fingerprint density at radius 3 is 2.57 bits per heavy atom. The predicted molar refractivity (Wildman–Crippen MR) is 114 cm³/mol. The van der Waals surface area contributed by atoms with E-state index in [2.05, 4.69) is 5.32 Å². The molecule has 162 valence electrons. The topological polar surface area (TPSA) is 94.2 Å². The highest BCUT2D eigenvalue weighted by Gasteiger charge is 2.25. The number of amides is 1. The number of carbonyl (C=O) groups excluding carboxylic acids is 1. The standard InChI is InChI=1S/C21H26N2O6S/c1-5-17(15-6-8-18(27-3)14(2)10-15)22-21(24)12-23(30(4,25)26)16-7-9-19-20(11-16)29-13-28-19/h6-11,17H,5,12-13H2,1-4H3,(H,22,24). The fourth-order valence-electron chi connectivity index (χ4n) is 3.35. The number of anilines is 1. The number of nitrogens with one attached hydrogen (secondary N) is 1. The van der Waals surface area contributed by atoms with Gasteiger partial charge < -0.3 is 19.5 Å². The highest BCUT2D eigenvalue weighted by Crippen LogP contribution is 2.36. The third kappa shape index (κ3) is 4.79. The third-order valence-corrected chi connectivity index (χ3v) is 6.04. The SMILES string of the molecule is CCC(NC(=O)CN(c1ccc2c(c1)OCO2)S(C)(=O)=O)c1ccc(OC)c(C)c1. The maximum Gasteiger partial charge on any atom is 0.241 e. The van der Waals surface area contributed by atoms with Crippen molar-refractivity contribution in [3.8, 4) is 17.2 Å². The first-order valence-corrected chi connectivity index (χ1v) is 11.4. The van der Waals surface area contributed by atoms with Crippen LogP contribution in [0.3, 0.4) is 0 Å². The number of hydrogen-bond donors (Lipinski definition) is 1. The average Bonchev–Trinajstić information content (AvgIpc) is 3.17. The van der Waals surface area contributed by atoms with Crippen LogP contribution in [0.5, 0.6) is 17.2 Å². The van der Waals surface area contributed by atoms with Crippen LogP contribution in [-0.2, 0) is 14.8 Å². The minimum absolute atomic E-state index is 0.0810. The van der Waals surface area contributed by atoms with E-state index < -0.39 is 15.9 Å². The van der Waals surface area contributed by atoms with Crippen LogP contribution in [0.4, 0.5) is 5.69 Å². The Morgan fingerprint density at radius 2 is 1.93 bits per heavy atom. The van der Waals surface area contributed by atoms with Crippen LogP contribution < -0.4 is 23.8 Å². The molecule has 1 aliphatic heterocycles. The number of aryl methyl sites for hydroxylation is 1. The van der Waals surface area contributed by atoms with Crippen LogP contribution in [-0.4, -0.2) is 41.0 Å². The number of hydrogen-bond acceptors (Lipinski definition) is 6. The van der Waals surface area contributed by atoms with Gasteiger partial charge in [0.05, 0.1) is 25.1 Å².